The van der Waals surface area contributed by atoms with E-state index >= 15 is 0 Å². The van der Waals surface area contributed by atoms with Crippen LogP contribution in [0.15, 0.2) is 83.8 Å². The monoisotopic (exact) mass is 423 g/mol. The number of hydrogen-bond donors (Lipinski definition) is 2. The van der Waals surface area contributed by atoms with Crippen LogP contribution >= 0.6 is 0 Å². The quantitative estimate of drug-likeness (QED) is 0.617. The van der Waals surface area contributed by atoms with Crippen LogP contribution in [0.25, 0.3) is 11.1 Å². The lowest BCUT2D eigenvalue weighted by atomic mass is 10.0. The molecule has 0 heterocycles. The summed E-state index contributed by atoms with van der Waals surface area (Å²) in [4.78, 5) is 24.6. The van der Waals surface area contributed by atoms with Crippen molar-refractivity contribution in [3.8, 4) is 11.1 Å². The van der Waals surface area contributed by atoms with Crippen molar-refractivity contribution < 1.29 is 18.0 Å². The fraction of sp³-hybridized carbons (Fsp3) is 0.0909. The van der Waals surface area contributed by atoms with Crippen LogP contribution in [-0.4, -0.2) is 38.6 Å². The van der Waals surface area contributed by atoms with Crippen LogP contribution in [0, 0.1) is 0 Å². The molecular weight excluding hydrogens is 402 g/mol. The molecule has 3 rings (SSSR count). The molecule has 0 saturated heterocycles. The number of hydrazine groups is 1. The van der Waals surface area contributed by atoms with Gasteiger partial charge in [-0.1, -0.05) is 48.5 Å². The molecule has 0 spiro atoms. The minimum atomic E-state index is -3.67. The van der Waals surface area contributed by atoms with Gasteiger partial charge in [-0.25, -0.2) is 12.7 Å². The Balaban J connectivity index is 1.66. The van der Waals surface area contributed by atoms with Crippen LogP contribution in [0.3, 0.4) is 0 Å². The van der Waals surface area contributed by atoms with Gasteiger partial charge in [-0.15, -0.1) is 0 Å². The molecule has 0 saturated carbocycles. The van der Waals surface area contributed by atoms with Crippen molar-refractivity contribution in [2.75, 3.05) is 14.1 Å². The molecule has 30 heavy (non-hydrogen) atoms. The molecule has 8 heteroatoms. The molecule has 0 atom stereocenters. The maximum absolute atomic E-state index is 12.3. The van der Waals surface area contributed by atoms with Gasteiger partial charge in [0.05, 0.1) is 4.90 Å². The molecule has 0 unspecified atom stereocenters. The summed E-state index contributed by atoms with van der Waals surface area (Å²) in [6, 6.07) is 22.3. The zero-order valence-electron chi connectivity index (χ0n) is 16.5. The van der Waals surface area contributed by atoms with Crippen molar-refractivity contribution in [1.82, 2.24) is 15.2 Å². The van der Waals surface area contributed by atoms with E-state index in [4.69, 9.17) is 0 Å². The van der Waals surface area contributed by atoms with Crippen molar-refractivity contribution in [1.29, 1.82) is 0 Å². The second kappa shape index (κ2) is 8.89. The SMILES string of the molecule is CN(C)S(=O)(=O)c1cccc(C(=O)NNC(=O)c2ccc(-c3ccccc3)cc2)c1. The van der Waals surface area contributed by atoms with Gasteiger partial charge in [0.15, 0.2) is 0 Å². The number of hydrogen-bond acceptors (Lipinski definition) is 4. The Kier molecular flexibility index (Phi) is 6.29. The molecule has 0 aliphatic carbocycles. The maximum Gasteiger partial charge on any atom is 0.269 e. The topological polar surface area (TPSA) is 95.6 Å². The molecule has 0 radical (unpaired) electrons. The Morgan fingerprint density at radius 1 is 0.700 bits per heavy atom. The van der Waals surface area contributed by atoms with E-state index in [0.29, 0.717) is 5.56 Å². The third kappa shape index (κ3) is 4.73. The summed E-state index contributed by atoms with van der Waals surface area (Å²) in [5.74, 6) is -1.11. The molecule has 3 aromatic carbocycles. The third-order valence-electron chi connectivity index (χ3n) is 4.42. The van der Waals surface area contributed by atoms with Crippen molar-refractivity contribution >= 4 is 21.8 Å². The van der Waals surface area contributed by atoms with Crippen LogP contribution in [0.2, 0.25) is 0 Å². The molecule has 0 bridgehead atoms. The Bertz CT molecular complexity index is 1160. The van der Waals surface area contributed by atoms with Gasteiger partial charge >= 0.3 is 0 Å². The zero-order chi connectivity index (χ0) is 21.7. The Labute approximate surface area is 175 Å². The largest absolute Gasteiger partial charge is 0.269 e. The van der Waals surface area contributed by atoms with E-state index in [0.717, 1.165) is 15.4 Å². The van der Waals surface area contributed by atoms with Gasteiger partial charge in [0, 0.05) is 25.2 Å². The number of carbonyl (C=O) groups is 2. The second-order valence-corrected chi connectivity index (χ2v) is 8.82. The van der Waals surface area contributed by atoms with Gasteiger partial charge in [0.25, 0.3) is 11.8 Å². The van der Waals surface area contributed by atoms with Gasteiger partial charge in [-0.2, -0.15) is 0 Å². The summed E-state index contributed by atoms with van der Waals surface area (Å²) in [6.07, 6.45) is 0. The summed E-state index contributed by atoms with van der Waals surface area (Å²) in [5.41, 5.74) is 7.13. The molecule has 0 fully saturated rings. The molecule has 3 aromatic rings. The predicted molar refractivity (Wildman–Crippen MR) is 114 cm³/mol. The van der Waals surface area contributed by atoms with Crippen LogP contribution in [0.1, 0.15) is 20.7 Å². The first-order chi connectivity index (χ1) is 14.3. The van der Waals surface area contributed by atoms with Crippen LogP contribution < -0.4 is 10.9 Å². The molecular formula is C22H21N3O4S. The molecule has 0 aromatic heterocycles. The molecule has 0 aliphatic rings. The predicted octanol–water partition coefficient (Wildman–Crippen LogP) is 2.68. The van der Waals surface area contributed by atoms with Gasteiger partial charge in [0.1, 0.15) is 0 Å². The number of nitrogens with one attached hydrogen (secondary N) is 2. The van der Waals surface area contributed by atoms with E-state index in [1.165, 1.54) is 38.4 Å². The summed E-state index contributed by atoms with van der Waals surface area (Å²) in [6.45, 7) is 0. The van der Waals surface area contributed by atoms with Gasteiger partial charge < -0.3 is 0 Å². The van der Waals surface area contributed by atoms with Crippen LogP contribution in [-0.2, 0) is 10.0 Å². The zero-order valence-corrected chi connectivity index (χ0v) is 17.3. The van der Waals surface area contributed by atoms with Crippen molar-refractivity contribution in [2.45, 2.75) is 4.90 Å². The lowest BCUT2D eigenvalue weighted by Gasteiger charge is -2.12. The first kappa shape index (κ1) is 21.2. The summed E-state index contributed by atoms with van der Waals surface area (Å²) >= 11 is 0. The number of carbonyl (C=O) groups excluding carboxylic acids is 2. The number of sulfonamides is 1. The Morgan fingerprint density at radius 2 is 1.27 bits per heavy atom. The number of nitrogens with zero attached hydrogens (tertiary/aromatic N) is 1. The molecule has 0 aliphatic heterocycles. The van der Waals surface area contributed by atoms with E-state index in [2.05, 4.69) is 10.9 Å². The number of benzene rings is 3. The smallest absolute Gasteiger partial charge is 0.267 e. The fourth-order valence-corrected chi connectivity index (χ4v) is 3.66. The van der Waals surface area contributed by atoms with E-state index in [1.807, 2.05) is 42.5 Å². The Morgan fingerprint density at radius 3 is 1.87 bits per heavy atom. The lowest BCUT2D eigenvalue weighted by Crippen LogP contribution is -2.41. The van der Waals surface area contributed by atoms with Gasteiger partial charge in [-0.05, 0) is 41.5 Å². The van der Waals surface area contributed by atoms with E-state index in [-0.39, 0.29) is 10.5 Å². The standard InChI is InChI=1S/C22H21N3O4S/c1-25(2)30(28,29)20-10-6-9-19(15-20)22(27)24-23-21(26)18-13-11-17(12-14-18)16-7-4-3-5-8-16/h3-15H,1-2H3,(H,23,26)(H,24,27). The van der Waals surface area contributed by atoms with Crippen molar-refractivity contribution in [3.63, 3.8) is 0 Å². The fourth-order valence-electron chi connectivity index (χ4n) is 2.71. The minimum absolute atomic E-state index is 0.0111. The highest BCUT2D eigenvalue weighted by atomic mass is 32.2. The van der Waals surface area contributed by atoms with E-state index < -0.39 is 21.8 Å². The van der Waals surface area contributed by atoms with Gasteiger partial charge in [-0.3, -0.25) is 20.4 Å². The molecule has 154 valence electrons. The lowest BCUT2D eigenvalue weighted by molar-refractivity contribution is 0.0846. The number of amides is 2. The molecule has 2 N–H and O–H groups in total. The molecule has 7 nitrogen and oxygen atoms in total. The first-order valence-electron chi connectivity index (χ1n) is 9.08. The highest BCUT2D eigenvalue weighted by Gasteiger charge is 2.19. The van der Waals surface area contributed by atoms with Crippen LogP contribution in [0.4, 0.5) is 0 Å². The van der Waals surface area contributed by atoms with Crippen molar-refractivity contribution in [3.05, 3.63) is 90.0 Å². The highest BCUT2D eigenvalue weighted by Crippen LogP contribution is 2.19. The summed E-state index contributed by atoms with van der Waals surface area (Å²) in [5, 5.41) is 0. The summed E-state index contributed by atoms with van der Waals surface area (Å²) in [7, 11) is -0.852. The van der Waals surface area contributed by atoms with Crippen LogP contribution in [0.5, 0.6) is 0 Å². The minimum Gasteiger partial charge on any atom is -0.267 e. The molecule has 2 amide bonds. The normalized spacial score (nSPS) is 11.2. The third-order valence-corrected chi connectivity index (χ3v) is 6.23. The summed E-state index contributed by atoms with van der Waals surface area (Å²) < 4.78 is 25.5. The Hall–Kier alpha value is -3.49. The van der Waals surface area contributed by atoms with Crippen molar-refractivity contribution in [2.24, 2.45) is 0 Å². The average Bonchev–Trinajstić information content (AvgIpc) is 2.78. The maximum atomic E-state index is 12.3. The average molecular weight is 423 g/mol. The van der Waals surface area contributed by atoms with Gasteiger partial charge in [0.2, 0.25) is 10.0 Å². The van der Waals surface area contributed by atoms with E-state index in [1.54, 1.807) is 12.1 Å². The number of rotatable bonds is 5. The van der Waals surface area contributed by atoms with E-state index in [9.17, 15) is 18.0 Å². The first-order valence-corrected chi connectivity index (χ1v) is 10.5. The second-order valence-electron chi connectivity index (χ2n) is 6.67. The highest BCUT2D eigenvalue weighted by molar-refractivity contribution is 7.89.